The highest BCUT2D eigenvalue weighted by Gasteiger charge is 2.38. The highest BCUT2D eigenvalue weighted by atomic mass is 16.1. The van der Waals surface area contributed by atoms with E-state index in [4.69, 9.17) is 0 Å². The quantitative estimate of drug-likeness (QED) is 0.790. The smallest absolute Gasteiger partial charge is 0.251 e. The van der Waals surface area contributed by atoms with Crippen LogP contribution in [0.15, 0.2) is 24.3 Å². The lowest BCUT2D eigenvalue weighted by atomic mass is 10.2. The summed E-state index contributed by atoms with van der Waals surface area (Å²) < 4.78 is 0. The third-order valence-corrected chi connectivity index (χ3v) is 2.85. The molecule has 15 heavy (non-hydrogen) atoms. The molecule has 1 aromatic rings. The molecule has 1 aliphatic rings. The van der Waals surface area contributed by atoms with Gasteiger partial charge in [-0.15, -0.1) is 0 Å². The molecule has 0 spiro atoms. The molecule has 3 heteroatoms. The fourth-order valence-electron chi connectivity index (χ4n) is 1.45. The maximum Gasteiger partial charge on any atom is 0.251 e. The fourth-order valence-corrected chi connectivity index (χ4v) is 1.45. The van der Waals surface area contributed by atoms with Crippen molar-refractivity contribution in [3.8, 4) is 0 Å². The molecule has 1 fully saturated rings. The lowest BCUT2D eigenvalue weighted by molar-refractivity contribution is 0.0935. The van der Waals surface area contributed by atoms with Crippen molar-refractivity contribution in [1.82, 2.24) is 5.32 Å². The molecule has 0 heterocycles. The zero-order valence-corrected chi connectivity index (χ0v) is 9.13. The lowest BCUT2D eigenvalue weighted by Gasteiger charge is -2.11. The van der Waals surface area contributed by atoms with Crippen LogP contribution in [0, 0.1) is 0 Å². The van der Waals surface area contributed by atoms with Gasteiger partial charge in [0.25, 0.3) is 5.91 Å². The predicted octanol–water partition coefficient (Wildman–Crippen LogP) is 2.01. The van der Waals surface area contributed by atoms with Crippen molar-refractivity contribution in [2.24, 2.45) is 0 Å². The molecule has 0 aliphatic heterocycles. The van der Waals surface area contributed by atoms with E-state index in [1.165, 1.54) is 0 Å². The molecule has 2 rings (SSSR count). The van der Waals surface area contributed by atoms with Crippen molar-refractivity contribution >= 4 is 11.6 Å². The van der Waals surface area contributed by atoms with Gasteiger partial charge in [-0.1, -0.05) is 0 Å². The number of hydrogen-bond donors (Lipinski definition) is 2. The van der Waals surface area contributed by atoms with Crippen LogP contribution in [0.25, 0.3) is 0 Å². The van der Waals surface area contributed by atoms with Crippen molar-refractivity contribution in [2.75, 3.05) is 12.4 Å². The first-order valence-corrected chi connectivity index (χ1v) is 5.23. The van der Waals surface area contributed by atoms with Crippen molar-refractivity contribution in [3.05, 3.63) is 29.8 Å². The van der Waals surface area contributed by atoms with Gasteiger partial charge in [-0.05, 0) is 44.0 Å². The maximum atomic E-state index is 11.8. The molecule has 0 aromatic heterocycles. The average Bonchev–Trinajstić information content (AvgIpc) is 2.96. The van der Waals surface area contributed by atoms with Gasteiger partial charge in [0.05, 0.1) is 0 Å². The van der Waals surface area contributed by atoms with Crippen LogP contribution in [0.5, 0.6) is 0 Å². The summed E-state index contributed by atoms with van der Waals surface area (Å²) >= 11 is 0. The fraction of sp³-hybridized carbons (Fsp3) is 0.417. The average molecular weight is 204 g/mol. The zero-order chi connectivity index (χ0) is 10.9. The summed E-state index contributed by atoms with van der Waals surface area (Å²) in [5.41, 5.74) is 1.80. The number of benzene rings is 1. The highest BCUT2D eigenvalue weighted by molar-refractivity contribution is 5.95. The second-order valence-corrected chi connectivity index (χ2v) is 4.34. The number of hydrogen-bond acceptors (Lipinski definition) is 2. The minimum absolute atomic E-state index is 0.0256. The zero-order valence-electron chi connectivity index (χ0n) is 9.13. The Kier molecular flexibility index (Phi) is 2.39. The highest BCUT2D eigenvalue weighted by Crippen LogP contribution is 2.34. The molecule has 1 aromatic carbocycles. The normalized spacial score (nSPS) is 16.9. The van der Waals surface area contributed by atoms with E-state index >= 15 is 0 Å². The van der Waals surface area contributed by atoms with Gasteiger partial charge in [0, 0.05) is 23.8 Å². The second kappa shape index (κ2) is 3.57. The van der Waals surface area contributed by atoms with Gasteiger partial charge in [-0.3, -0.25) is 4.79 Å². The molecule has 80 valence electrons. The van der Waals surface area contributed by atoms with Crippen molar-refractivity contribution < 1.29 is 4.79 Å². The van der Waals surface area contributed by atoms with Crippen LogP contribution in [-0.4, -0.2) is 18.5 Å². The Hall–Kier alpha value is -1.51. The van der Waals surface area contributed by atoms with E-state index in [9.17, 15) is 4.79 Å². The Balaban J connectivity index is 2.05. The largest absolute Gasteiger partial charge is 0.388 e. The third-order valence-electron chi connectivity index (χ3n) is 2.85. The Bertz CT molecular complexity index is 366. The molecule has 0 radical (unpaired) electrons. The molecule has 0 bridgehead atoms. The number of rotatable bonds is 3. The number of amides is 1. The van der Waals surface area contributed by atoms with Crippen LogP contribution in [0.3, 0.4) is 0 Å². The molecular weight excluding hydrogens is 188 g/mol. The summed E-state index contributed by atoms with van der Waals surface area (Å²) in [4.78, 5) is 11.8. The number of carbonyl (C=O) groups excluding carboxylic acids is 1. The van der Waals surface area contributed by atoms with Gasteiger partial charge in [0.1, 0.15) is 0 Å². The summed E-state index contributed by atoms with van der Waals surface area (Å²) in [7, 11) is 1.86. The first-order valence-electron chi connectivity index (χ1n) is 5.23. The van der Waals surface area contributed by atoms with Crippen LogP contribution in [-0.2, 0) is 0 Å². The van der Waals surface area contributed by atoms with E-state index in [0.717, 1.165) is 24.1 Å². The number of nitrogens with one attached hydrogen (secondary N) is 2. The van der Waals surface area contributed by atoms with Crippen molar-refractivity contribution in [2.45, 2.75) is 25.3 Å². The predicted molar refractivity (Wildman–Crippen MR) is 61.1 cm³/mol. The topological polar surface area (TPSA) is 41.1 Å². The Morgan fingerprint density at radius 1 is 1.27 bits per heavy atom. The summed E-state index contributed by atoms with van der Waals surface area (Å²) in [5, 5.41) is 6.05. The Labute approximate surface area is 89.9 Å². The standard InChI is InChI=1S/C12H16N2O/c1-12(7-8-12)14-11(15)9-3-5-10(13-2)6-4-9/h3-6,13H,7-8H2,1-2H3,(H,14,15). The van der Waals surface area contributed by atoms with Crippen LogP contribution in [0.2, 0.25) is 0 Å². The first-order chi connectivity index (χ1) is 7.13. The lowest BCUT2D eigenvalue weighted by Crippen LogP contribution is -2.34. The molecule has 1 aliphatic carbocycles. The van der Waals surface area contributed by atoms with Gasteiger partial charge >= 0.3 is 0 Å². The molecule has 0 unspecified atom stereocenters. The molecule has 1 amide bonds. The molecule has 3 nitrogen and oxygen atoms in total. The Morgan fingerprint density at radius 3 is 2.33 bits per heavy atom. The van der Waals surface area contributed by atoms with Crippen LogP contribution in [0.1, 0.15) is 30.1 Å². The van der Waals surface area contributed by atoms with Crippen molar-refractivity contribution in [1.29, 1.82) is 0 Å². The maximum absolute atomic E-state index is 11.8. The summed E-state index contributed by atoms with van der Waals surface area (Å²) in [6, 6.07) is 7.49. The van der Waals surface area contributed by atoms with E-state index in [2.05, 4.69) is 17.6 Å². The van der Waals surface area contributed by atoms with Crippen molar-refractivity contribution in [3.63, 3.8) is 0 Å². The minimum Gasteiger partial charge on any atom is -0.388 e. The monoisotopic (exact) mass is 204 g/mol. The van der Waals surface area contributed by atoms with Crippen LogP contribution in [0.4, 0.5) is 5.69 Å². The summed E-state index contributed by atoms with van der Waals surface area (Å²) in [5.74, 6) is 0.0256. The van der Waals surface area contributed by atoms with E-state index in [1.807, 2.05) is 31.3 Å². The third kappa shape index (κ3) is 2.29. The molecular formula is C12H16N2O. The van der Waals surface area contributed by atoms with E-state index < -0.39 is 0 Å². The van der Waals surface area contributed by atoms with Gasteiger partial charge in [0.15, 0.2) is 0 Å². The van der Waals surface area contributed by atoms with E-state index in [1.54, 1.807) is 0 Å². The van der Waals surface area contributed by atoms with Crippen LogP contribution >= 0.6 is 0 Å². The van der Waals surface area contributed by atoms with Gasteiger partial charge in [-0.25, -0.2) is 0 Å². The van der Waals surface area contributed by atoms with Gasteiger partial charge in [-0.2, -0.15) is 0 Å². The first kappa shape index (κ1) is 10.0. The van der Waals surface area contributed by atoms with Gasteiger partial charge < -0.3 is 10.6 Å². The SMILES string of the molecule is CNc1ccc(C(=O)NC2(C)CC2)cc1. The molecule has 1 saturated carbocycles. The molecule has 2 N–H and O–H groups in total. The van der Waals surface area contributed by atoms with Gasteiger partial charge in [0.2, 0.25) is 0 Å². The molecule has 0 saturated heterocycles. The molecule has 0 atom stereocenters. The second-order valence-electron chi connectivity index (χ2n) is 4.34. The van der Waals surface area contributed by atoms with Crippen LogP contribution < -0.4 is 10.6 Å². The van der Waals surface area contributed by atoms with E-state index in [0.29, 0.717) is 0 Å². The summed E-state index contributed by atoms with van der Waals surface area (Å²) in [6.07, 6.45) is 2.18. The number of anilines is 1. The number of carbonyl (C=O) groups is 1. The minimum atomic E-state index is 0.0256. The summed E-state index contributed by atoms with van der Waals surface area (Å²) in [6.45, 7) is 2.08. The Morgan fingerprint density at radius 2 is 1.87 bits per heavy atom. The van der Waals surface area contributed by atoms with E-state index in [-0.39, 0.29) is 11.4 Å².